The summed E-state index contributed by atoms with van der Waals surface area (Å²) >= 11 is 1.46. The number of nitro groups is 1. The van der Waals surface area contributed by atoms with E-state index in [-0.39, 0.29) is 23.9 Å². The van der Waals surface area contributed by atoms with Crippen LogP contribution in [-0.4, -0.2) is 15.7 Å². The highest BCUT2D eigenvalue weighted by Crippen LogP contribution is 2.31. The zero-order chi connectivity index (χ0) is 15.0. The number of thiazole rings is 1. The van der Waals surface area contributed by atoms with E-state index in [0.29, 0.717) is 5.56 Å². The first kappa shape index (κ1) is 15.9. The third-order valence-corrected chi connectivity index (χ3v) is 4.09. The molecule has 0 saturated carbocycles. The average Bonchev–Trinajstić information content (AvgIpc) is 2.90. The van der Waals surface area contributed by atoms with Crippen molar-refractivity contribution in [2.75, 3.05) is 0 Å². The molecule has 22 heavy (non-hydrogen) atoms. The van der Waals surface area contributed by atoms with E-state index < -0.39 is 4.92 Å². The van der Waals surface area contributed by atoms with Gasteiger partial charge < -0.3 is 5.73 Å². The van der Waals surface area contributed by atoms with Crippen molar-refractivity contribution in [3.05, 3.63) is 58.1 Å². The predicted molar refractivity (Wildman–Crippen MR) is 90.0 cm³/mol. The number of non-ortho nitro benzene ring substituents is 1. The Balaban J connectivity index is 0.00000176. The lowest BCUT2D eigenvalue weighted by molar-refractivity contribution is -0.384. The maximum atomic E-state index is 10.7. The quantitative estimate of drug-likeness (QED) is 0.330. The van der Waals surface area contributed by atoms with Crippen LogP contribution in [0.25, 0.3) is 20.8 Å². The number of benzene rings is 2. The molecule has 0 bridgehead atoms. The van der Waals surface area contributed by atoms with Crippen LogP contribution in [0.15, 0.2) is 42.5 Å². The second-order valence-corrected chi connectivity index (χ2v) is 5.45. The molecule has 112 valence electrons. The highest BCUT2D eigenvalue weighted by Gasteiger charge is 2.10. The Morgan fingerprint density at radius 3 is 2.50 bits per heavy atom. The summed E-state index contributed by atoms with van der Waals surface area (Å²) in [4.78, 5) is 14.7. The molecule has 6 nitrogen and oxygen atoms in total. The van der Waals surface area contributed by atoms with Crippen LogP contribution >= 0.6 is 23.7 Å². The first-order valence-electron chi connectivity index (χ1n) is 6.04. The zero-order valence-electron chi connectivity index (χ0n) is 11.1. The van der Waals surface area contributed by atoms with Gasteiger partial charge >= 0.3 is 0 Å². The number of nitrogens with one attached hydrogen (secondary N) is 1. The summed E-state index contributed by atoms with van der Waals surface area (Å²) in [6, 6.07) is 11.7. The van der Waals surface area contributed by atoms with Crippen LogP contribution in [0, 0.1) is 15.5 Å². The van der Waals surface area contributed by atoms with Crippen LogP contribution in [0.4, 0.5) is 5.69 Å². The monoisotopic (exact) mass is 334 g/mol. The van der Waals surface area contributed by atoms with Crippen molar-refractivity contribution in [3.8, 4) is 10.6 Å². The Labute approximate surface area is 135 Å². The number of nitrogens with two attached hydrogens (primary N) is 1. The second kappa shape index (κ2) is 6.08. The number of nitro benzene ring substituents is 1. The third-order valence-electron chi connectivity index (χ3n) is 3.02. The number of hydrogen-bond donors (Lipinski definition) is 2. The van der Waals surface area contributed by atoms with Crippen LogP contribution in [0.2, 0.25) is 0 Å². The summed E-state index contributed by atoms with van der Waals surface area (Å²) in [7, 11) is 0. The fourth-order valence-corrected chi connectivity index (χ4v) is 2.95. The van der Waals surface area contributed by atoms with Gasteiger partial charge in [-0.2, -0.15) is 0 Å². The normalized spacial score (nSPS) is 10.2. The molecule has 0 fully saturated rings. The van der Waals surface area contributed by atoms with Crippen molar-refractivity contribution < 1.29 is 4.92 Å². The summed E-state index contributed by atoms with van der Waals surface area (Å²) in [6.07, 6.45) is 0. The van der Waals surface area contributed by atoms with Crippen LogP contribution < -0.4 is 5.73 Å². The third kappa shape index (κ3) is 2.90. The molecule has 3 rings (SSSR count). The number of amidine groups is 1. The molecular formula is C14H11ClN4O2S. The van der Waals surface area contributed by atoms with Gasteiger partial charge in [-0.3, -0.25) is 15.5 Å². The summed E-state index contributed by atoms with van der Waals surface area (Å²) in [5, 5.41) is 18.9. The van der Waals surface area contributed by atoms with E-state index in [0.717, 1.165) is 20.8 Å². The van der Waals surface area contributed by atoms with E-state index in [1.54, 1.807) is 18.2 Å². The molecule has 0 saturated heterocycles. The van der Waals surface area contributed by atoms with E-state index in [4.69, 9.17) is 11.1 Å². The smallest absolute Gasteiger partial charge is 0.269 e. The van der Waals surface area contributed by atoms with Gasteiger partial charge in [-0.15, -0.1) is 23.7 Å². The lowest BCUT2D eigenvalue weighted by atomic mass is 10.2. The molecule has 3 N–H and O–H groups in total. The second-order valence-electron chi connectivity index (χ2n) is 4.42. The summed E-state index contributed by atoms with van der Waals surface area (Å²) in [5.74, 6) is 0.0159. The zero-order valence-corrected chi connectivity index (χ0v) is 12.8. The van der Waals surface area contributed by atoms with E-state index in [1.807, 2.05) is 12.1 Å². The lowest BCUT2D eigenvalue weighted by Crippen LogP contribution is -2.10. The molecule has 8 heteroatoms. The highest BCUT2D eigenvalue weighted by atomic mass is 35.5. The molecule has 0 spiro atoms. The van der Waals surface area contributed by atoms with Gasteiger partial charge in [0.25, 0.3) is 5.69 Å². The Kier molecular flexibility index (Phi) is 4.39. The lowest BCUT2D eigenvalue weighted by Gasteiger charge is -1.95. The van der Waals surface area contributed by atoms with Crippen LogP contribution in [0.3, 0.4) is 0 Å². The molecular weight excluding hydrogens is 324 g/mol. The van der Waals surface area contributed by atoms with Gasteiger partial charge in [-0.05, 0) is 30.3 Å². The maximum absolute atomic E-state index is 10.7. The number of nitrogen functional groups attached to an aromatic ring is 1. The van der Waals surface area contributed by atoms with Gasteiger partial charge in [0.2, 0.25) is 0 Å². The van der Waals surface area contributed by atoms with Gasteiger partial charge in [0.1, 0.15) is 10.8 Å². The summed E-state index contributed by atoms with van der Waals surface area (Å²) in [5.41, 5.74) is 7.82. The molecule has 3 aromatic rings. The van der Waals surface area contributed by atoms with Gasteiger partial charge in [0.15, 0.2) is 0 Å². The van der Waals surface area contributed by atoms with Gasteiger partial charge in [-0.1, -0.05) is 0 Å². The molecule has 0 aliphatic rings. The minimum Gasteiger partial charge on any atom is -0.384 e. The van der Waals surface area contributed by atoms with Crippen molar-refractivity contribution in [2.45, 2.75) is 0 Å². The Morgan fingerprint density at radius 1 is 1.23 bits per heavy atom. The first-order valence-corrected chi connectivity index (χ1v) is 6.86. The Bertz CT molecular complexity index is 861. The number of aromatic nitrogens is 1. The Morgan fingerprint density at radius 2 is 1.91 bits per heavy atom. The van der Waals surface area contributed by atoms with Crippen molar-refractivity contribution >= 4 is 45.5 Å². The molecule has 2 aromatic carbocycles. The van der Waals surface area contributed by atoms with Gasteiger partial charge in [0, 0.05) is 23.3 Å². The van der Waals surface area contributed by atoms with Gasteiger partial charge in [-0.25, -0.2) is 4.98 Å². The topological polar surface area (TPSA) is 106 Å². The molecule has 0 unspecified atom stereocenters. The van der Waals surface area contributed by atoms with Crippen LogP contribution in [0.1, 0.15) is 5.56 Å². The van der Waals surface area contributed by atoms with E-state index in [2.05, 4.69) is 4.98 Å². The van der Waals surface area contributed by atoms with E-state index >= 15 is 0 Å². The summed E-state index contributed by atoms with van der Waals surface area (Å²) < 4.78 is 0.927. The maximum Gasteiger partial charge on any atom is 0.269 e. The average molecular weight is 335 g/mol. The molecule has 1 aromatic heterocycles. The number of rotatable bonds is 3. The van der Waals surface area contributed by atoms with Crippen molar-refractivity contribution in [2.24, 2.45) is 5.73 Å². The SMILES string of the molecule is Cl.N=C(N)c1ccc2nc(-c3ccc([N+](=O)[O-])cc3)sc2c1. The van der Waals surface area contributed by atoms with E-state index in [9.17, 15) is 10.1 Å². The summed E-state index contributed by atoms with van der Waals surface area (Å²) in [6.45, 7) is 0. The van der Waals surface area contributed by atoms with Crippen LogP contribution in [0.5, 0.6) is 0 Å². The fraction of sp³-hybridized carbons (Fsp3) is 0. The van der Waals surface area contributed by atoms with Crippen LogP contribution in [-0.2, 0) is 0 Å². The molecule has 0 amide bonds. The molecule has 0 aliphatic carbocycles. The number of fused-ring (bicyclic) bond motifs is 1. The van der Waals surface area contributed by atoms with Crippen molar-refractivity contribution in [3.63, 3.8) is 0 Å². The van der Waals surface area contributed by atoms with Crippen molar-refractivity contribution in [1.29, 1.82) is 5.41 Å². The largest absolute Gasteiger partial charge is 0.384 e. The number of nitrogens with zero attached hydrogens (tertiary/aromatic N) is 2. The fourth-order valence-electron chi connectivity index (χ4n) is 1.94. The number of halogens is 1. The first-order chi connectivity index (χ1) is 10.0. The molecule has 0 atom stereocenters. The minimum absolute atomic E-state index is 0. The number of hydrogen-bond acceptors (Lipinski definition) is 5. The van der Waals surface area contributed by atoms with Gasteiger partial charge in [0.05, 0.1) is 15.1 Å². The minimum atomic E-state index is -0.429. The highest BCUT2D eigenvalue weighted by molar-refractivity contribution is 7.21. The molecule has 0 aliphatic heterocycles. The van der Waals surface area contributed by atoms with Crippen molar-refractivity contribution in [1.82, 2.24) is 4.98 Å². The Hall–Kier alpha value is -2.51. The predicted octanol–water partition coefficient (Wildman–Crippen LogP) is 3.58. The standard InChI is InChI=1S/C14H10N4O2S.ClH/c15-13(16)9-3-6-11-12(7-9)21-14(17-11)8-1-4-10(5-2-8)18(19)20;/h1-7H,(H3,15,16);1H. The molecule has 1 heterocycles. The molecule has 0 radical (unpaired) electrons. The van der Waals surface area contributed by atoms with E-state index in [1.165, 1.54) is 23.5 Å².